The van der Waals surface area contributed by atoms with Gasteiger partial charge >= 0.3 is 12.0 Å². The third-order valence-corrected chi connectivity index (χ3v) is 3.28. The van der Waals surface area contributed by atoms with Crippen LogP contribution in [0, 0.1) is 11.8 Å². The fraction of sp³-hybridized carbons (Fsp3) is 0.833. The van der Waals surface area contributed by atoms with Gasteiger partial charge in [0.2, 0.25) is 0 Å². The van der Waals surface area contributed by atoms with Crippen molar-refractivity contribution in [3.05, 3.63) is 0 Å². The van der Waals surface area contributed by atoms with Gasteiger partial charge in [0, 0.05) is 26.2 Å². The molecule has 1 unspecified atom stereocenters. The first-order valence-corrected chi connectivity index (χ1v) is 6.07. The summed E-state index contributed by atoms with van der Waals surface area (Å²) in [5, 5.41) is 8.75. The van der Waals surface area contributed by atoms with Gasteiger partial charge in [0.15, 0.2) is 0 Å². The highest BCUT2D eigenvalue weighted by molar-refractivity contribution is 5.79. The van der Waals surface area contributed by atoms with Crippen LogP contribution in [-0.2, 0) is 4.79 Å². The highest BCUT2D eigenvalue weighted by Gasteiger charge is 2.37. The fourth-order valence-corrected chi connectivity index (χ4v) is 2.04. The second-order valence-corrected chi connectivity index (χ2v) is 5.31. The van der Waals surface area contributed by atoms with Crippen molar-refractivity contribution >= 4 is 12.0 Å². The van der Waals surface area contributed by atoms with Crippen LogP contribution < -0.4 is 0 Å². The number of urea groups is 1. The Bertz CT molecular complexity index is 298. The van der Waals surface area contributed by atoms with E-state index in [0.29, 0.717) is 19.0 Å². The molecule has 0 bridgehead atoms. The smallest absolute Gasteiger partial charge is 0.320 e. The van der Waals surface area contributed by atoms with Crippen LogP contribution in [0.1, 0.15) is 27.2 Å². The van der Waals surface area contributed by atoms with E-state index in [4.69, 9.17) is 5.11 Å². The lowest BCUT2D eigenvalue weighted by Gasteiger charge is -2.40. The Balaban J connectivity index is 2.41. The Kier molecular flexibility index (Phi) is 4.37. The van der Waals surface area contributed by atoms with Crippen molar-refractivity contribution in [1.29, 1.82) is 0 Å². The van der Waals surface area contributed by atoms with Gasteiger partial charge < -0.3 is 14.9 Å². The molecule has 0 aliphatic carbocycles. The largest absolute Gasteiger partial charge is 0.481 e. The zero-order valence-corrected chi connectivity index (χ0v) is 11.0. The Morgan fingerprint density at radius 2 is 1.88 bits per heavy atom. The van der Waals surface area contributed by atoms with E-state index >= 15 is 0 Å². The summed E-state index contributed by atoms with van der Waals surface area (Å²) in [5.74, 6) is -0.650. The Morgan fingerprint density at radius 1 is 1.35 bits per heavy atom. The normalized spacial score (nSPS) is 17.8. The summed E-state index contributed by atoms with van der Waals surface area (Å²) >= 11 is 0. The van der Waals surface area contributed by atoms with Crippen molar-refractivity contribution in [2.24, 2.45) is 11.8 Å². The summed E-state index contributed by atoms with van der Waals surface area (Å²) in [4.78, 5) is 25.9. The van der Waals surface area contributed by atoms with Gasteiger partial charge in [0.25, 0.3) is 0 Å². The molecule has 0 aromatic heterocycles. The monoisotopic (exact) mass is 242 g/mol. The molecule has 0 spiro atoms. The van der Waals surface area contributed by atoms with E-state index in [9.17, 15) is 9.59 Å². The Labute approximate surface area is 102 Å². The minimum atomic E-state index is -0.813. The van der Waals surface area contributed by atoms with E-state index < -0.39 is 5.97 Å². The number of carboxylic acids is 1. The van der Waals surface area contributed by atoms with Crippen LogP contribution in [0.4, 0.5) is 4.79 Å². The van der Waals surface area contributed by atoms with E-state index in [1.165, 1.54) is 0 Å². The van der Waals surface area contributed by atoms with Crippen LogP contribution in [-0.4, -0.2) is 53.1 Å². The highest BCUT2D eigenvalue weighted by Crippen LogP contribution is 2.19. The van der Waals surface area contributed by atoms with Gasteiger partial charge in [-0.05, 0) is 19.3 Å². The van der Waals surface area contributed by atoms with Crippen molar-refractivity contribution in [2.75, 3.05) is 20.1 Å². The molecule has 5 nitrogen and oxygen atoms in total. The molecule has 1 fully saturated rings. The number of rotatable bonds is 4. The van der Waals surface area contributed by atoms with Crippen molar-refractivity contribution in [3.8, 4) is 0 Å². The minimum absolute atomic E-state index is 0.0596. The standard InChI is InChI=1S/C12H22N2O3/c1-8(2)5-9(3)13(4)12(17)14-6-10(7-14)11(15)16/h8-10H,5-7H2,1-4H3,(H,15,16). The topological polar surface area (TPSA) is 60.9 Å². The summed E-state index contributed by atoms with van der Waals surface area (Å²) in [6.45, 7) is 6.95. The maximum absolute atomic E-state index is 12.0. The molecule has 1 heterocycles. The van der Waals surface area contributed by atoms with Crippen molar-refractivity contribution in [1.82, 2.24) is 9.80 Å². The second-order valence-electron chi connectivity index (χ2n) is 5.31. The van der Waals surface area contributed by atoms with E-state index in [-0.39, 0.29) is 18.0 Å². The van der Waals surface area contributed by atoms with Crippen LogP contribution in [0.25, 0.3) is 0 Å². The first-order chi connectivity index (χ1) is 7.82. The van der Waals surface area contributed by atoms with Crippen LogP contribution in [0.2, 0.25) is 0 Å². The number of carbonyl (C=O) groups is 2. The van der Waals surface area contributed by atoms with Crippen molar-refractivity contribution in [3.63, 3.8) is 0 Å². The predicted molar refractivity (Wildman–Crippen MR) is 64.8 cm³/mol. The third-order valence-electron chi connectivity index (χ3n) is 3.28. The first-order valence-electron chi connectivity index (χ1n) is 6.07. The van der Waals surface area contributed by atoms with Crippen LogP contribution in [0.5, 0.6) is 0 Å². The molecule has 1 rings (SSSR count). The molecule has 0 aromatic carbocycles. The van der Waals surface area contributed by atoms with Gasteiger partial charge in [0.1, 0.15) is 0 Å². The van der Waals surface area contributed by atoms with Gasteiger partial charge in [0.05, 0.1) is 5.92 Å². The fourth-order valence-electron chi connectivity index (χ4n) is 2.04. The summed E-state index contributed by atoms with van der Waals surface area (Å²) < 4.78 is 0. The molecule has 0 saturated carbocycles. The number of nitrogens with zero attached hydrogens (tertiary/aromatic N) is 2. The Morgan fingerprint density at radius 3 is 2.29 bits per heavy atom. The summed E-state index contributed by atoms with van der Waals surface area (Å²) in [6, 6.07) is 0.127. The zero-order valence-electron chi connectivity index (χ0n) is 11.0. The molecule has 5 heteroatoms. The average Bonchev–Trinajstić information content (AvgIpc) is 2.12. The molecule has 1 N–H and O–H groups in total. The molecule has 1 aliphatic heterocycles. The molecule has 0 aromatic rings. The van der Waals surface area contributed by atoms with Gasteiger partial charge in [-0.15, -0.1) is 0 Å². The lowest BCUT2D eigenvalue weighted by atomic mass is 10.0. The lowest BCUT2D eigenvalue weighted by Crippen LogP contribution is -2.57. The zero-order chi connectivity index (χ0) is 13.2. The van der Waals surface area contributed by atoms with Crippen LogP contribution in [0.3, 0.4) is 0 Å². The van der Waals surface area contributed by atoms with E-state index in [2.05, 4.69) is 13.8 Å². The van der Waals surface area contributed by atoms with Crippen molar-refractivity contribution < 1.29 is 14.7 Å². The number of hydrogen-bond acceptors (Lipinski definition) is 2. The number of carbonyl (C=O) groups excluding carboxylic acids is 1. The molecular weight excluding hydrogens is 220 g/mol. The number of carboxylic acid groups (broad SMARTS) is 1. The number of likely N-dealkylation sites (tertiary alicyclic amines) is 1. The van der Waals surface area contributed by atoms with E-state index in [1.807, 2.05) is 6.92 Å². The van der Waals surface area contributed by atoms with Gasteiger partial charge in [-0.2, -0.15) is 0 Å². The third kappa shape index (κ3) is 3.35. The van der Waals surface area contributed by atoms with E-state index in [1.54, 1.807) is 16.8 Å². The number of aliphatic carboxylic acids is 1. The van der Waals surface area contributed by atoms with Gasteiger partial charge in [-0.25, -0.2) is 4.79 Å². The highest BCUT2D eigenvalue weighted by atomic mass is 16.4. The summed E-state index contributed by atoms with van der Waals surface area (Å²) in [5.41, 5.74) is 0. The molecule has 1 saturated heterocycles. The van der Waals surface area contributed by atoms with Gasteiger partial charge in [-0.3, -0.25) is 4.79 Å². The lowest BCUT2D eigenvalue weighted by molar-refractivity contribution is -0.146. The van der Waals surface area contributed by atoms with Gasteiger partial charge in [-0.1, -0.05) is 13.8 Å². The minimum Gasteiger partial charge on any atom is -0.481 e. The molecule has 17 heavy (non-hydrogen) atoms. The maximum atomic E-state index is 12.0. The molecule has 98 valence electrons. The molecule has 1 aliphatic rings. The SMILES string of the molecule is CC(C)CC(C)N(C)C(=O)N1CC(C(=O)O)C1. The predicted octanol–water partition coefficient (Wildman–Crippen LogP) is 1.49. The quantitative estimate of drug-likeness (QED) is 0.812. The van der Waals surface area contributed by atoms with Crippen LogP contribution in [0.15, 0.2) is 0 Å². The van der Waals surface area contributed by atoms with E-state index in [0.717, 1.165) is 6.42 Å². The second kappa shape index (κ2) is 5.38. The maximum Gasteiger partial charge on any atom is 0.320 e. The number of hydrogen-bond donors (Lipinski definition) is 1. The molecule has 2 amide bonds. The van der Waals surface area contributed by atoms with Crippen LogP contribution >= 0.6 is 0 Å². The first kappa shape index (κ1) is 13.8. The Hall–Kier alpha value is -1.26. The molecule has 0 radical (unpaired) electrons. The van der Waals surface area contributed by atoms with Crippen molar-refractivity contribution in [2.45, 2.75) is 33.2 Å². The summed E-state index contributed by atoms with van der Waals surface area (Å²) in [6.07, 6.45) is 0.957. The molecular formula is C12H22N2O3. The number of amides is 2. The summed E-state index contributed by atoms with van der Waals surface area (Å²) in [7, 11) is 1.78. The average molecular weight is 242 g/mol. The molecule has 1 atom stereocenters.